The summed E-state index contributed by atoms with van der Waals surface area (Å²) in [5.74, 6) is 0.921. The van der Waals surface area contributed by atoms with E-state index in [1.165, 1.54) is 22.1 Å². The van der Waals surface area contributed by atoms with E-state index in [-0.39, 0.29) is 0 Å². The molecule has 0 saturated heterocycles. The second kappa shape index (κ2) is 6.42. The smallest absolute Gasteiger partial charge is 0.134 e. The van der Waals surface area contributed by atoms with Gasteiger partial charge in [0.1, 0.15) is 10.8 Å². The van der Waals surface area contributed by atoms with Crippen LogP contribution < -0.4 is 5.32 Å². The number of rotatable bonds is 4. The van der Waals surface area contributed by atoms with Gasteiger partial charge in [-0.3, -0.25) is 0 Å². The van der Waals surface area contributed by atoms with E-state index in [1.807, 2.05) is 17.8 Å². The SMILES string of the molecule is Cc1cnc(NCc2ccccc2-c2nccs2)c2ccccc12. The first-order valence-corrected chi connectivity index (χ1v) is 8.77. The van der Waals surface area contributed by atoms with Crippen molar-refractivity contribution in [3.05, 3.63) is 77.4 Å². The van der Waals surface area contributed by atoms with Crippen molar-refractivity contribution in [1.82, 2.24) is 9.97 Å². The lowest BCUT2D eigenvalue weighted by molar-refractivity contribution is 1.12. The molecule has 118 valence electrons. The molecule has 0 amide bonds. The summed E-state index contributed by atoms with van der Waals surface area (Å²) in [5, 5.41) is 8.95. The number of pyridine rings is 1. The Morgan fingerprint density at radius 1 is 0.958 bits per heavy atom. The van der Waals surface area contributed by atoms with Crippen molar-refractivity contribution in [2.45, 2.75) is 13.5 Å². The van der Waals surface area contributed by atoms with E-state index >= 15 is 0 Å². The number of thiazole rings is 1. The molecule has 0 atom stereocenters. The molecule has 0 spiro atoms. The number of nitrogens with zero attached hydrogens (tertiary/aromatic N) is 2. The highest BCUT2D eigenvalue weighted by atomic mass is 32.1. The number of nitrogens with one attached hydrogen (secondary N) is 1. The van der Waals surface area contributed by atoms with Crippen molar-refractivity contribution < 1.29 is 0 Å². The van der Waals surface area contributed by atoms with Crippen molar-refractivity contribution in [2.75, 3.05) is 5.32 Å². The zero-order valence-corrected chi connectivity index (χ0v) is 14.2. The molecule has 4 aromatic rings. The first-order chi connectivity index (χ1) is 11.8. The molecule has 4 heteroatoms. The molecule has 0 radical (unpaired) electrons. The molecule has 3 nitrogen and oxygen atoms in total. The van der Waals surface area contributed by atoms with Crippen LogP contribution in [0.1, 0.15) is 11.1 Å². The lowest BCUT2D eigenvalue weighted by Gasteiger charge is -2.12. The van der Waals surface area contributed by atoms with E-state index in [9.17, 15) is 0 Å². The van der Waals surface area contributed by atoms with Crippen molar-refractivity contribution in [1.29, 1.82) is 0 Å². The summed E-state index contributed by atoms with van der Waals surface area (Å²) in [6, 6.07) is 16.8. The zero-order chi connectivity index (χ0) is 16.4. The number of aromatic nitrogens is 2. The maximum Gasteiger partial charge on any atom is 0.134 e. The number of hydrogen-bond acceptors (Lipinski definition) is 4. The van der Waals surface area contributed by atoms with Crippen LogP contribution in [0.5, 0.6) is 0 Å². The quantitative estimate of drug-likeness (QED) is 0.553. The van der Waals surface area contributed by atoms with Gasteiger partial charge in [-0.15, -0.1) is 11.3 Å². The van der Waals surface area contributed by atoms with Gasteiger partial charge in [0.25, 0.3) is 0 Å². The largest absolute Gasteiger partial charge is 0.365 e. The van der Waals surface area contributed by atoms with Crippen LogP contribution in [-0.2, 0) is 6.54 Å². The van der Waals surface area contributed by atoms with Crippen LogP contribution >= 0.6 is 11.3 Å². The Hall–Kier alpha value is -2.72. The summed E-state index contributed by atoms with van der Waals surface area (Å²) in [6.07, 6.45) is 3.77. The minimum atomic E-state index is 0.718. The fourth-order valence-electron chi connectivity index (χ4n) is 2.89. The van der Waals surface area contributed by atoms with Crippen LogP contribution in [0, 0.1) is 6.92 Å². The molecule has 2 aromatic heterocycles. The second-order valence-corrected chi connectivity index (χ2v) is 6.58. The highest BCUT2D eigenvalue weighted by Gasteiger charge is 2.08. The van der Waals surface area contributed by atoms with Gasteiger partial charge in [0, 0.05) is 35.3 Å². The van der Waals surface area contributed by atoms with Gasteiger partial charge in [-0.1, -0.05) is 48.5 Å². The number of aryl methyl sites for hydroxylation is 1. The van der Waals surface area contributed by atoms with Crippen LogP contribution in [0.3, 0.4) is 0 Å². The molecule has 1 N–H and O–H groups in total. The van der Waals surface area contributed by atoms with E-state index in [0.29, 0.717) is 0 Å². The molecule has 0 aliphatic carbocycles. The van der Waals surface area contributed by atoms with E-state index < -0.39 is 0 Å². The summed E-state index contributed by atoms with van der Waals surface area (Å²) >= 11 is 1.66. The van der Waals surface area contributed by atoms with Gasteiger partial charge in [-0.25, -0.2) is 9.97 Å². The topological polar surface area (TPSA) is 37.8 Å². The number of hydrogen-bond donors (Lipinski definition) is 1. The Balaban J connectivity index is 1.66. The zero-order valence-electron chi connectivity index (χ0n) is 13.4. The highest BCUT2D eigenvalue weighted by molar-refractivity contribution is 7.13. The van der Waals surface area contributed by atoms with Crippen LogP contribution in [-0.4, -0.2) is 9.97 Å². The average molecular weight is 331 g/mol. The molecular formula is C20H17N3S. The first-order valence-electron chi connectivity index (χ1n) is 7.89. The standard InChI is InChI=1S/C20H17N3S/c1-14-12-22-19(18-9-5-4-7-16(14)18)23-13-15-6-2-3-8-17(15)20-21-10-11-24-20/h2-12H,13H2,1H3,(H,22,23). The van der Waals surface area contributed by atoms with Crippen LogP contribution in [0.4, 0.5) is 5.82 Å². The minimum Gasteiger partial charge on any atom is -0.365 e. The molecule has 0 bridgehead atoms. The van der Waals surface area contributed by atoms with Gasteiger partial charge >= 0.3 is 0 Å². The number of anilines is 1. The summed E-state index contributed by atoms with van der Waals surface area (Å²) in [7, 11) is 0. The molecule has 0 aliphatic heterocycles. The maximum absolute atomic E-state index is 4.59. The lowest BCUT2D eigenvalue weighted by Crippen LogP contribution is -2.03. The van der Waals surface area contributed by atoms with Crippen LogP contribution in [0.15, 0.2) is 66.3 Å². The van der Waals surface area contributed by atoms with Gasteiger partial charge in [-0.05, 0) is 23.4 Å². The third-order valence-corrected chi connectivity index (χ3v) is 4.93. The van der Waals surface area contributed by atoms with Gasteiger partial charge in [-0.2, -0.15) is 0 Å². The normalized spacial score (nSPS) is 10.9. The summed E-state index contributed by atoms with van der Waals surface area (Å²) in [6.45, 7) is 2.81. The average Bonchev–Trinajstić information content (AvgIpc) is 3.16. The number of fused-ring (bicyclic) bond motifs is 1. The monoisotopic (exact) mass is 331 g/mol. The lowest BCUT2D eigenvalue weighted by atomic mass is 10.1. The summed E-state index contributed by atoms with van der Waals surface area (Å²) in [5.41, 5.74) is 3.59. The Morgan fingerprint density at radius 2 is 1.75 bits per heavy atom. The molecule has 24 heavy (non-hydrogen) atoms. The molecule has 4 rings (SSSR count). The van der Waals surface area contributed by atoms with Crippen molar-refractivity contribution in [3.63, 3.8) is 0 Å². The highest BCUT2D eigenvalue weighted by Crippen LogP contribution is 2.28. The van der Waals surface area contributed by atoms with Crippen LogP contribution in [0.2, 0.25) is 0 Å². The summed E-state index contributed by atoms with van der Waals surface area (Å²) < 4.78 is 0. The van der Waals surface area contributed by atoms with Crippen LogP contribution in [0.25, 0.3) is 21.3 Å². The van der Waals surface area contributed by atoms with E-state index in [2.05, 4.69) is 70.7 Å². The Bertz CT molecular complexity index is 977. The predicted octanol–water partition coefficient (Wildman–Crippen LogP) is 5.28. The Morgan fingerprint density at radius 3 is 2.58 bits per heavy atom. The Labute approximate surface area is 145 Å². The molecule has 0 unspecified atom stereocenters. The number of benzene rings is 2. The van der Waals surface area contributed by atoms with Crippen molar-refractivity contribution in [2.24, 2.45) is 0 Å². The van der Waals surface area contributed by atoms with Gasteiger partial charge < -0.3 is 5.32 Å². The van der Waals surface area contributed by atoms with E-state index in [0.717, 1.165) is 22.8 Å². The van der Waals surface area contributed by atoms with Crippen molar-refractivity contribution >= 4 is 27.9 Å². The predicted molar refractivity (Wildman–Crippen MR) is 101 cm³/mol. The molecule has 2 heterocycles. The Kier molecular flexibility index (Phi) is 3.97. The van der Waals surface area contributed by atoms with E-state index in [4.69, 9.17) is 0 Å². The summed E-state index contributed by atoms with van der Waals surface area (Å²) in [4.78, 5) is 9.03. The molecule has 0 aliphatic rings. The third kappa shape index (κ3) is 2.76. The van der Waals surface area contributed by atoms with Gasteiger partial charge in [0.2, 0.25) is 0 Å². The van der Waals surface area contributed by atoms with Gasteiger partial charge in [0.15, 0.2) is 0 Å². The van der Waals surface area contributed by atoms with Gasteiger partial charge in [0.05, 0.1) is 0 Å². The molecule has 2 aromatic carbocycles. The first kappa shape index (κ1) is 14.8. The maximum atomic E-state index is 4.59. The van der Waals surface area contributed by atoms with E-state index in [1.54, 1.807) is 11.3 Å². The fourth-order valence-corrected chi connectivity index (χ4v) is 3.59. The fraction of sp³-hybridized carbons (Fsp3) is 0.100. The third-order valence-electron chi connectivity index (χ3n) is 4.12. The molecule has 0 fully saturated rings. The van der Waals surface area contributed by atoms with Crippen molar-refractivity contribution in [3.8, 4) is 10.6 Å². The molecule has 0 saturated carbocycles. The second-order valence-electron chi connectivity index (χ2n) is 5.68. The molecular weight excluding hydrogens is 314 g/mol. The minimum absolute atomic E-state index is 0.718.